The number of nitrogens with one attached hydrogen (secondary N) is 1. The summed E-state index contributed by atoms with van der Waals surface area (Å²) in [6.45, 7) is 3.42. The van der Waals surface area contributed by atoms with Gasteiger partial charge in [-0.25, -0.2) is 0 Å². The molecule has 1 fully saturated rings. The van der Waals surface area contributed by atoms with Crippen molar-refractivity contribution in [2.75, 3.05) is 33.9 Å². The Balaban J connectivity index is 2.46. The molecule has 5 nitrogen and oxygen atoms in total. The van der Waals surface area contributed by atoms with E-state index in [9.17, 15) is 9.59 Å². The van der Waals surface area contributed by atoms with Gasteiger partial charge < -0.3 is 15.0 Å². The largest absolute Gasteiger partial charge is 0.381 e. The van der Waals surface area contributed by atoms with Crippen LogP contribution < -0.4 is 5.32 Å². The maximum atomic E-state index is 12.3. The smallest absolute Gasteiger partial charge is 0.230 e. The second-order valence-corrected chi connectivity index (χ2v) is 5.41. The number of amides is 2. The summed E-state index contributed by atoms with van der Waals surface area (Å²) in [5, 5.41) is 2.89. The van der Waals surface area contributed by atoms with E-state index in [1.54, 1.807) is 19.0 Å². The second kappa shape index (κ2) is 7.48. The molecular formula is C14H26N2O3. The summed E-state index contributed by atoms with van der Waals surface area (Å²) in [6, 6.07) is 0. The van der Waals surface area contributed by atoms with Crippen molar-refractivity contribution in [1.82, 2.24) is 10.2 Å². The Labute approximate surface area is 115 Å². The van der Waals surface area contributed by atoms with E-state index in [2.05, 4.69) is 5.32 Å². The third-order valence-corrected chi connectivity index (χ3v) is 3.72. The van der Waals surface area contributed by atoms with Crippen LogP contribution in [0.25, 0.3) is 0 Å². The van der Waals surface area contributed by atoms with E-state index in [4.69, 9.17) is 4.74 Å². The molecule has 110 valence electrons. The highest BCUT2D eigenvalue weighted by Gasteiger charge is 2.42. The van der Waals surface area contributed by atoms with Gasteiger partial charge in [0.15, 0.2) is 0 Å². The van der Waals surface area contributed by atoms with Crippen molar-refractivity contribution in [1.29, 1.82) is 0 Å². The van der Waals surface area contributed by atoms with Crippen LogP contribution >= 0.6 is 0 Å². The first-order valence-electron chi connectivity index (χ1n) is 7.08. The Hall–Kier alpha value is -1.10. The molecule has 0 aromatic carbocycles. The summed E-state index contributed by atoms with van der Waals surface area (Å²) in [4.78, 5) is 25.6. The molecule has 1 aliphatic carbocycles. The summed E-state index contributed by atoms with van der Waals surface area (Å²) < 4.78 is 5.15. The Bertz CT molecular complexity index is 310. The highest BCUT2D eigenvalue weighted by molar-refractivity contribution is 5.84. The maximum absolute atomic E-state index is 12.3. The number of carbonyl (C=O) groups is 2. The van der Waals surface area contributed by atoms with Crippen molar-refractivity contribution in [2.24, 2.45) is 5.41 Å². The molecule has 0 aliphatic heterocycles. The van der Waals surface area contributed by atoms with E-state index in [-0.39, 0.29) is 17.2 Å². The van der Waals surface area contributed by atoms with E-state index in [1.165, 1.54) is 0 Å². The highest BCUT2D eigenvalue weighted by Crippen LogP contribution is 2.38. The first-order chi connectivity index (χ1) is 9.02. The van der Waals surface area contributed by atoms with Crippen molar-refractivity contribution in [3.63, 3.8) is 0 Å². The lowest BCUT2D eigenvalue weighted by Crippen LogP contribution is -2.46. The van der Waals surface area contributed by atoms with Crippen molar-refractivity contribution >= 4 is 11.8 Å². The lowest BCUT2D eigenvalue weighted by Gasteiger charge is -2.30. The van der Waals surface area contributed by atoms with Gasteiger partial charge in [-0.15, -0.1) is 0 Å². The van der Waals surface area contributed by atoms with Gasteiger partial charge in [0.25, 0.3) is 0 Å². The number of carbonyl (C=O) groups excluding carboxylic acids is 2. The van der Waals surface area contributed by atoms with Crippen LogP contribution in [-0.4, -0.2) is 50.6 Å². The molecule has 0 saturated heterocycles. The van der Waals surface area contributed by atoms with Gasteiger partial charge in [0.2, 0.25) is 11.8 Å². The summed E-state index contributed by atoms with van der Waals surface area (Å²) in [7, 11) is 3.55. The molecule has 0 aromatic rings. The molecule has 1 saturated carbocycles. The summed E-state index contributed by atoms with van der Waals surface area (Å²) in [5.74, 6) is 0.0985. The molecule has 1 aliphatic rings. The molecule has 0 unspecified atom stereocenters. The third-order valence-electron chi connectivity index (χ3n) is 3.72. The van der Waals surface area contributed by atoms with E-state index >= 15 is 0 Å². The number of rotatable bonds is 7. The molecule has 0 atom stereocenters. The zero-order valence-electron chi connectivity index (χ0n) is 12.3. The van der Waals surface area contributed by atoms with Crippen molar-refractivity contribution in [3.8, 4) is 0 Å². The minimum absolute atomic E-state index is 0.0359. The Morgan fingerprint density at radius 2 is 1.89 bits per heavy atom. The topological polar surface area (TPSA) is 58.6 Å². The lowest BCUT2D eigenvalue weighted by molar-refractivity contribution is -0.139. The van der Waals surface area contributed by atoms with Gasteiger partial charge in [-0.1, -0.05) is 12.8 Å². The SMILES string of the molecule is CCOCCC(=O)NCC1(C(=O)N(C)C)CCCC1. The zero-order chi connectivity index (χ0) is 14.3. The minimum atomic E-state index is -0.384. The predicted molar refractivity (Wildman–Crippen MR) is 73.7 cm³/mol. The second-order valence-electron chi connectivity index (χ2n) is 5.41. The summed E-state index contributed by atoms with van der Waals surface area (Å²) in [5.41, 5.74) is -0.384. The Morgan fingerprint density at radius 3 is 2.42 bits per heavy atom. The predicted octanol–water partition coefficient (Wildman–Crippen LogP) is 1.18. The molecule has 0 spiro atoms. The van der Waals surface area contributed by atoms with Crippen LogP contribution in [-0.2, 0) is 14.3 Å². The van der Waals surface area contributed by atoms with Crippen LogP contribution in [0.4, 0.5) is 0 Å². The van der Waals surface area contributed by atoms with Crippen LogP contribution in [0.3, 0.4) is 0 Å². The van der Waals surface area contributed by atoms with Crippen LogP contribution in [0.5, 0.6) is 0 Å². The number of ether oxygens (including phenoxy) is 1. The summed E-state index contributed by atoms with van der Waals surface area (Å²) in [6.07, 6.45) is 4.23. The standard InChI is InChI=1S/C14H26N2O3/c1-4-19-10-7-12(17)15-11-14(8-5-6-9-14)13(18)16(2)3/h4-11H2,1-3H3,(H,15,17). The normalized spacial score (nSPS) is 17.2. The average Bonchev–Trinajstić information content (AvgIpc) is 2.85. The number of nitrogens with zero attached hydrogens (tertiary/aromatic N) is 1. The summed E-state index contributed by atoms with van der Waals surface area (Å²) >= 11 is 0. The first kappa shape index (κ1) is 16.0. The van der Waals surface area contributed by atoms with Gasteiger partial charge in [0.05, 0.1) is 12.0 Å². The van der Waals surface area contributed by atoms with Crippen LogP contribution in [0, 0.1) is 5.41 Å². The van der Waals surface area contributed by atoms with Gasteiger partial charge in [-0.05, 0) is 19.8 Å². The number of hydrogen-bond donors (Lipinski definition) is 1. The maximum Gasteiger partial charge on any atom is 0.230 e. The molecule has 0 heterocycles. The number of hydrogen-bond acceptors (Lipinski definition) is 3. The van der Waals surface area contributed by atoms with Gasteiger partial charge in [-0.3, -0.25) is 9.59 Å². The van der Waals surface area contributed by atoms with E-state index in [1.807, 2.05) is 6.92 Å². The van der Waals surface area contributed by atoms with Gasteiger partial charge in [0, 0.05) is 33.7 Å². The molecule has 0 radical (unpaired) electrons. The average molecular weight is 270 g/mol. The molecule has 0 aromatic heterocycles. The Kier molecular flexibility index (Phi) is 6.28. The van der Waals surface area contributed by atoms with Crippen LogP contribution in [0.15, 0.2) is 0 Å². The first-order valence-corrected chi connectivity index (χ1v) is 7.08. The third kappa shape index (κ3) is 4.49. The van der Waals surface area contributed by atoms with E-state index in [0.717, 1.165) is 25.7 Å². The molecule has 1 rings (SSSR count). The van der Waals surface area contributed by atoms with E-state index < -0.39 is 0 Å². The fourth-order valence-corrected chi connectivity index (χ4v) is 2.66. The van der Waals surface area contributed by atoms with Crippen molar-refractivity contribution in [2.45, 2.75) is 39.0 Å². The van der Waals surface area contributed by atoms with Crippen molar-refractivity contribution < 1.29 is 14.3 Å². The fraction of sp³-hybridized carbons (Fsp3) is 0.857. The zero-order valence-corrected chi connectivity index (χ0v) is 12.3. The Morgan fingerprint density at radius 1 is 1.26 bits per heavy atom. The molecule has 5 heteroatoms. The molecule has 2 amide bonds. The van der Waals surface area contributed by atoms with Gasteiger partial charge in [0.1, 0.15) is 0 Å². The quantitative estimate of drug-likeness (QED) is 0.707. The molecular weight excluding hydrogens is 244 g/mol. The molecule has 0 bridgehead atoms. The highest BCUT2D eigenvalue weighted by atomic mass is 16.5. The van der Waals surface area contributed by atoms with E-state index in [0.29, 0.717) is 26.2 Å². The van der Waals surface area contributed by atoms with Crippen molar-refractivity contribution in [3.05, 3.63) is 0 Å². The lowest BCUT2D eigenvalue weighted by atomic mass is 9.84. The monoisotopic (exact) mass is 270 g/mol. The molecule has 1 N–H and O–H groups in total. The van der Waals surface area contributed by atoms with Gasteiger partial charge >= 0.3 is 0 Å². The van der Waals surface area contributed by atoms with Gasteiger partial charge in [-0.2, -0.15) is 0 Å². The molecule has 19 heavy (non-hydrogen) atoms. The van der Waals surface area contributed by atoms with Crippen LogP contribution in [0.1, 0.15) is 39.0 Å². The minimum Gasteiger partial charge on any atom is -0.381 e. The fourth-order valence-electron chi connectivity index (χ4n) is 2.66. The van der Waals surface area contributed by atoms with Crippen LogP contribution in [0.2, 0.25) is 0 Å².